The molecule has 0 atom stereocenters. The molecule has 3 heterocycles. The molecule has 1 aliphatic rings. The molecule has 1 aromatic carbocycles. The Labute approximate surface area is 164 Å². The van der Waals surface area contributed by atoms with Crippen molar-refractivity contribution in [3.05, 3.63) is 71.1 Å². The van der Waals surface area contributed by atoms with Crippen LogP contribution >= 0.6 is 11.8 Å². The smallest absolute Gasteiger partial charge is 0.256 e. The summed E-state index contributed by atoms with van der Waals surface area (Å²) >= 11 is 1.70. The number of aromatic nitrogens is 2. The summed E-state index contributed by atoms with van der Waals surface area (Å²) in [7, 11) is 0. The summed E-state index contributed by atoms with van der Waals surface area (Å²) in [6.07, 6.45) is 1.54. The SMILES string of the molecule is O=C(Cn1nc2c(c1NC(=O)c1ccc(F)cc1)CSC2)NCc1ccco1. The lowest BCUT2D eigenvalue weighted by Gasteiger charge is -2.11. The first-order valence-corrected chi connectivity index (χ1v) is 9.78. The van der Waals surface area contributed by atoms with E-state index >= 15 is 0 Å². The highest BCUT2D eigenvalue weighted by Crippen LogP contribution is 2.34. The second-order valence-corrected chi connectivity index (χ2v) is 7.23. The Morgan fingerprint density at radius 3 is 2.79 bits per heavy atom. The minimum Gasteiger partial charge on any atom is -0.467 e. The van der Waals surface area contributed by atoms with Gasteiger partial charge in [-0.25, -0.2) is 9.07 Å². The van der Waals surface area contributed by atoms with Crippen LogP contribution in [0.1, 0.15) is 27.4 Å². The molecule has 0 fully saturated rings. The van der Waals surface area contributed by atoms with Crippen LogP contribution in [0, 0.1) is 5.82 Å². The van der Waals surface area contributed by atoms with E-state index in [9.17, 15) is 14.0 Å². The number of furan rings is 1. The zero-order chi connectivity index (χ0) is 19.5. The van der Waals surface area contributed by atoms with E-state index in [1.54, 1.807) is 30.2 Å². The fourth-order valence-electron chi connectivity index (χ4n) is 2.89. The Morgan fingerprint density at radius 2 is 2.04 bits per heavy atom. The molecule has 3 aromatic rings. The second-order valence-electron chi connectivity index (χ2n) is 6.24. The quantitative estimate of drug-likeness (QED) is 0.664. The van der Waals surface area contributed by atoms with Gasteiger partial charge >= 0.3 is 0 Å². The maximum Gasteiger partial charge on any atom is 0.256 e. The van der Waals surface area contributed by atoms with E-state index in [1.165, 1.54) is 28.9 Å². The van der Waals surface area contributed by atoms with Crippen LogP contribution in [0.25, 0.3) is 0 Å². The van der Waals surface area contributed by atoms with Crippen molar-refractivity contribution in [2.75, 3.05) is 5.32 Å². The van der Waals surface area contributed by atoms with Gasteiger partial charge in [-0.2, -0.15) is 16.9 Å². The van der Waals surface area contributed by atoms with Gasteiger partial charge < -0.3 is 15.1 Å². The standard InChI is InChI=1S/C19H17FN4O3S/c20-13-5-3-12(4-6-13)19(26)22-18-15-10-28-11-16(15)23-24(18)9-17(25)21-8-14-2-1-7-27-14/h1-7H,8-11H2,(H,21,25)(H,22,26). The summed E-state index contributed by atoms with van der Waals surface area (Å²) in [4.78, 5) is 24.9. The first kappa shape index (κ1) is 18.3. The number of hydrogen-bond donors (Lipinski definition) is 2. The number of anilines is 1. The van der Waals surface area contributed by atoms with E-state index in [0.29, 0.717) is 22.9 Å². The van der Waals surface area contributed by atoms with E-state index in [2.05, 4.69) is 15.7 Å². The van der Waals surface area contributed by atoms with Gasteiger partial charge in [-0.15, -0.1) is 0 Å². The molecule has 0 bridgehead atoms. The molecule has 1 aliphatic heterocycles. The lowest BCUT2D eigenvalue weighted by molar-refractivity contribution is -0.122. The molecule has 2 N–H and O–H groups in total. The molecule has 0 aliphatic carbocycles. The topological polar surface area (TPSA) is 89.2 Å². The van der Waals surface area contributed by atoms with Gasteiger partial charge in [0.2, 0.25) is 5.91 Å². The second kappa shape index (κ2) is 7.89. The van der Waals surface area contributed by atoms with Crippen LogP contribution in [0.15, 0.2) is 47.1 Å². The van der Waals surface area contributed by atoms with Gasteiger partial charge in [-0.3, -0.25) is 9.59 Å². The number of hydrogen-bond acceptors (Lipinski definition) is 5. The fraction of sp³-hybridized carbons (Fsp3) is 0.211. The molecule has 7 nitrogen and oxygen atoms in total. The summed E-state index contributed by atoms with van der Waals surface area (Å²) in [5, 5.41) is 10.1. The van der Waals surface area contributed by atoms with Crippen LogP contribution in [-0.2, 0) is 29.4 Å². The number of carbonyl (C=O) groups excluding carboxylic acids is 2. The van der Waals surface area contributed by atoms with Crippen molar-refractivity contribution in [2.45, 2.75) is 24.6 Å². The van der Waals surface area contributed by atoms with E-state index in [1.807, 2.05) is 0 Å². The van der Waals surface area contributed by atoms with Gasteiger partial charge in [0, 0.05) is 22.6 Å². The Bertz CT molecular complexity index is 999. The van der Waals surface area contributed by atoms with Crippen LogP contribution in [0.2, 0.25) is 0 Å². The lowest BCUT2D eigenvalue weighted by atomic mass is 10.2. The van der Waals surface area contributed by atoms with Crippen LogP contribution in [0.4, 0.5) is 10.2 Å². The van der Waals surface area contributed by atoms with Gasteiger partial charge in [0.1, 0.15) is 23.9 Å². The number of benzene rings is 1. The molecule has 144 valence electrons. The van der Waals surface area contributed by atoms with Gasteiger partial charge in [-0.1, -0.05) is 0 Å². The molecule has 0 radical (unpaired) electrons. The number of carbonyl (C=O) groups is 2. The first-order chi connectivity index (χ1) is 13.6. The van der Waals surface area contributed by atoms with Crippen LogP contribution in [0.3, 0.4) is 0 Å². The molecular formula is C19H17FN4O3S. The summed E-state index contributed by atoms with van der Waals surface area (Å²) in [6, 6.07) is 8.81. The predicted octanol–water partition coefficient (Wildman–Crippen LogP) is 2.93. The first-order valence-electron chi connectivity index (χ1n) is 8.62. The number of rotatable bonds is 6. The van der Waals surface area contributed by atoms with Crippen molar-refractivity contribution in [1.82, 2.24) is 15.1 Å². The number of fused-ring (bicyclic) bond motifs is 1. The highest BCUT2D eigenvalue weighted by atomic mass is 32.2. The molecule has 2 aromatic heterocycles. The normalized spacial score (nSPS) is 12.6. The van der Waals surface area contributed by atoms with E-state index in [4.69, 9.17) is 4.42 Å². The molecule has 0 spiro atoms. The van der Waals surface area contributed by atoms with Crippen molar-refractivity contribution in [3.8, 4) is 0 Å². The number of nitrogens with one attached hydrogen (secondary N) is 2. The lowest BCUT2D eigenvalue weighted by Crippen LogP contribution is -2.28. The Hall–Kier alpha value is -3.07. The predicted molar refractivity (Wildman–Crippen MR) is 102 cm³/mol. The van der Waals surface area contributed by atoms with Gasteiger partial charge in [0.25, 0.3) is 5.91 Å². The summed E-state index contributed by atoms with van der Waals surface area (Å²) in [5.41, 5.74) is 2.10. The number of halogens is 1. The summed E-state index contributed by atoms with van der Waals surface area (Å²) < 4.78 is 19.8. The van der Waals surface area contributed by atoms with Crippen LogP contribution in [0.5, 0.6) is 0 Å². The molecule has 2 amide bonds. The molecule has 28 heavy (non-hydrogen) atoms. The molecular weight excluding hydrogens is 383 g/mol. The maximum absolute atomic E-state index is 13.1. The molecule has 4 rings (SSSR count). The third-order valence-corrected chi connectivity index (χ3v) is 5.26. The van der Waals surface area contributed by atoms with Crippen molar-refractivity contribution in [3.63, 3.8) is 0 Å². The molecule has 0 saturated carbocycles. The van der Waals surface area contributed by atoms with Crippen molar-refractivity contribution in [2.24, 2.45) is 0 Å². The van der Waals surface area contributed by atoms with Crippen molar-refractivity contribution < 1.29 is 18.4 Å². The van der Waals surface area contributed by atoms with Crippen molar-refractivity contribution in [1.29, 1.82) is 0 Å². The Balaban J connectivity index is 1.49. The zero-order valence-electron chi connectivity index (χ0n) is 14.8. The average molecular weight is 400 g/mol. The minimum absolute atomic E-state index is 0.0304. The highest BCUT2D eigenvalue weighted by molar-refractivity contribution is 7.98. The minimum atomic E-state index is -0.410. The van der Waals surface area contributed by atoms with Gasteiger partial charge in [0.05, 0.1) is 18.5 Å². The average Bonchev–Trinajstić information content (AvgIpc) is 3.41. The van der Waals surface area contributed by atoms with E-state index < -0.39 is 5.82 Å². The Kier molecular flexibility index (Phi) is 5.16. The van der Waals surface area contributed by atoms with Crippen LogP contribution in [-0.4, -0.2) is 21.6 Å². The zero-order valence-corrected chi connectivity index (χ0v) is 15.6. The van der Waals surface area contributed by atoms with E-state index in [-0.39, 0.29) is 24.9 Å². The number of thioether (sulfide) groups is 1. The molecule has 9 heteroatoms. The summed E-state index contributed by atoms with van der Waals surface area (Å²) in [5.74, 6) is 1.56. The van der Waals surface area contributed by atoms with Gasteiger partial charge in [-0.05, 0) is 36.4 Å². The molecule has 0 saturated heterocycles. The fourth-order valence-corrected chi connectivity index (χ4v) is 3.93. The van der Waals surface area contributed by atoms with Crippen molar-refractivity contribution >= 4 is 29.4 Å². The van der Waals surface area contributed by atoms with E-state index in [0.717, 1.165) is 17.0 Å². The summed E-state index contributed by atoms with van der Waals surface area (Å²) in [6.45, 7) is 0.247. The maximum atomic E-state index is 13.1. The van der Waals surface area contributed by atoms with Crippen LogP contribution < -0.4 is 10.6 Å². The highest BCUT2D eigenvalue weighted by Gasteiger charge is 2.25. The third kappa shape index (κ3) is 3.94. The molecule has 0 unspecified atom stereocenters. The Morgan fingerprint density at radius 1 is 1.21 bits per heavy atom. The van der Waals surface area contributed by atoms with Gasteiger partial charge in [0.15, 0.2) is 0 Å². The number of nitrogens with zero attached hydrogens (tertiary/aromatic N) is 2. The number of amides is 2. The monoisotopic (exact) mass is 400 g/mol. The largest absolute Gasteiger partial charge is 0.467 e. The third-order valence-electron chi connectivity index (χ3n) is 4.29.